The van der Waals surface area contributed by atoms with Gasteiger partial charge in [-0.2, -0.15) is 0 Å². The van der Waals surface area contributed by atoms with Crippen LogP contribution in [0.25, 0.3) is 10.4 Å². The number of rotatable bonds is 4. The highest BCUT2D eigenvalue weighted by Gasteiger charge is 2.47. The van der Waals surface area contributed by atoms with Crippen molar-refractivity contribution in [2.24, 2.45) is 16.0 Å². The number of halogens is 1. The molecule has 1 aliphatic rings. The van der Waals surface area contributed by atoms with Gasteiger partial charge in [0.2, 0.25) is 11.9 Å². The van der Waals surface area contributed by atoms with Gasteiger partial charge in [-0.3, -0.25) is 15.0 Å². The van der Waals surface area contributed by atoms with Gasteiger partial charge in [0.1, 0.15) is 11.1 Å². The number of hydrogen-bond donors (Lipinski definition) is 1. The zero-order chi connectivity index (χ0) is 21.1. The zero-order valence-electron chi connectivity index (χ0n) is 16.4. The molecular formula is C17H23BrN6O3S. The highest BCUT2D eigenvalue weighted by molar-refractivity contribution is 9.10. The number of amides is 2. The Morgan fingerprint density at radius 1 is 1.57 bits per heavy atom. The molecule has 0 saturated heterocycles. The highest BCUT2D eigenvalue weighted by Crippen LogP contribution is 2.43. The molecule has 0 saturated carbocycles. The van der Waals surface area contributed by atoms with Gasteiger partial charge in [0, 0.05) is 33.2 Å². The summed E-state index contributed by atoms with van der Waals surface area (Å²) < 4.78 is 6.16. The van der Waals surface area contributed by atoms with Gasteiger partial charge < -0.3 is 4.74 Å². The molecular weight excluding hydrogens is 448 g/mol. The van der Waals surface area contributed by atoms with E-state index in [0.29, 0.717) is 6.42 Å². The number of ether oxygens (including phenoxy) is 1. The maximum atomic E-state index is 13.1. The molecule has 1 aliphatic heterocycles. The van der Waals surface area contributed by atoms with Crippen LogP contribution in [-0.2, 0) is 15.1 Å². The Morgan fingerprint density at radius 2 is 2.25 bits per heavy atom. The topological polar surface area (TPSA) is 120 Å². The van der Waals surface area contributed by atoms with Crippen molar-refractivity contribution in [3.8, 4) is 0 Å². The lowest BCUT2D eigenvalue weighted by Crippen LogP contribution is -2.56. The standard InChI is InChI=1S/C17H23BrN6O3S/c1-16(2,3)27-15(26)21-14-22-17(4,12-8-10(18)9-28-12)11(6-7-20-23-19)13(25)24(14)5/h8-9,11H,6-7H2,1-5H3,(H,21,22,26)/t11-,17-/m0/s1. The van der Waals surface area contributed by atoms with Crippen LogP contribution in [0, 0.1) is 5.92 Å². The van der Waals surface area contributed by atoms with E-state index in [1.807, 2.05) is 18.4 Å². The fourth-order valence-electron chi connectivity index (χ4n) is 2.90. The first-order valence-corrected chi connectivity index (χ1v) is 10.3. The van der Waals surface area contributed by atoms with Crippen LogP contribution in [0.15, 0.2) is 26.0 Å². The molecule has 1 aromatic heterocycles. The summed E-state index contributed by atoms with van der Waals surface area (Å²) in [7, 11) is 1.54. The van der Waals surface area contributed by atoms with Crippen LogP contribution in [0.2, 0.25) is 0 Å². The maximum Gasteiger partial charge on any atom is 0.414 e. The van der Waals surface area contributed by atoms with Crippen LogP contribution in [0.5, 0.6) is 0 Å². The lowest BCUT2D eigenvalue weighted by atomic mass is 9.80. The van der Waals surface area contributed by atoms with Crippen molar-refractivity contribution in [2.75, 3.05) is 13.6 Å². The smallest absolute Gasteiger partial charge is 0.414 e. The van der Waals surface area contributed by atoms with E-state index in [2.05, 4.69) is 31.3 Å². The number of carbonyl (C=O) groups is 2. The van der Waals surface area contributed by atoms with Gasteiger partial charge in [-0.1, -0.05) is 5.11 Å². The molecule has 9 nitrogen and oxygen atoms in total. The number of nitrogens with one attached hydrogen (secondary N) is 1. The molecule has 0 bridgehead atoms. The summed E-state index contributed by atoms with van der Waals surface area (Å²) in [6.07, 6.45) is -0.351. The van der Waals surface area contributed by atoms with Crippen LogP contribution >= 0.6 is 27.3 Å². The van der Waals surface area contributed by atoms with Crippen LogP contribution in [0.1, 0.15) is 39.0 Å². The summed E-state index contributed by atoms with van der Waals surface area (Å²) in [6.45, 7) is 7.27. The van der Waals surface area contributed by atoms with Crippen LogP contribution in [0.4, 0.5) is 4.79 Å². The number of alkyl carbamates (subject to hydrolysis) is 1. The number of carbonyl (C=O) groups excluding carboxylic acids is 2. The fraction of sp³-hybridized carbons (Fsp3) is 0.588. The number of aliphatic imine (C=N–C) groups is 1. The zero-order valence-corrected chi connectivity index (χ0v) is 18.8. The predicted molar refractivity (Wildman–Crippen MR) is 111 cm³/mol. The minimum atomic E-state index is -0.921. The van der Waals surface area contributed by atoms with Gasteiger partial charge in [0.05, 0.1) is 5.92 Å². The molecule has 0 unspecified atom stereocenters. The molecule has 0 aliphatic carbocycles. The quantitative estimate of drug-likeness (QED) is 0.398. The van der Waals surface area contributed by atoms with Crippen molar-refractivity contribution in [3.63, 3.8) is 0 Å². The van der Waals surface area contributed by atoms with Crippen LogP contribution < -0.4 is 5.32 Å². The number of azide groups is 1. The molecule has 2 atom stereocenters. The van der Waals surface area contributed by atoms with E-state index in [1.54, 1.807) is 27.8 Å². The van der Waals surface area contributed by atoms with Crippen molar-refractivity contribution >= 4 is 45.2 Å². The van der Waals surface area contributed by atoms with E-state index >= 15 is 0 Å². The molecule has 0 fully saturated rings. The van der Waals surface area contributed by atoms with E-state index in [9.17, 15) is 9.59 Å². The Labute approximate surface area is 175 Å². The van der Waals surface area contributed by atoms with E-state index in [1.165, 1.54) is 16.2 Å². The number of guanidine groups is 1. The third-order valence-corrected chi connectivity index (χ3v) is 6.14. The Balaban J connectivity index is 2.43. The molecule has 1 N–H and O–H groups in total. The van der Waals surface area contributed by atoms with E-state index in [4.69, 9.17) is 15.3 Å². The first kappa shape index (κ1) is 22.2. The molecule has 152 valence electrons. The Bertz CT molecular complexity index is 842. The average Bonchev–Trinajstić information content (AvgIpc) is 3.01. The van der Waals surface area contributed by atoms with E-state index < -0.39 is 23.2 Å². The summed E-state index contributed by atoms with van der Waals surface area (Å²) in [6, 6.07) is 1.90. The molecule has 11 heteroatoms. The third kappa shape index (κ3) is 5.03. The van der Waals surface area contributed by atoms with Gasteiger partial charge in [0.25, 0.3) is 0 Å². The Hall–Kier alpha value is -2.10. The fourth-order valence-corrected chi connectivity index (χ4v) is 4.49. The van der Waals surface area contributed by atoms with Gasteiger partial charge in [0.15, 0.2) is 0 Å². The number of nitrogens with zero attached hydrogens (tertiary/aromatic N) is 5. The third-order valence-electron chi connectivity index (χ3n) is 4.22. The second-order valence-corrected chi connectivity index (χ2v) is 9.36. The average molecular weight is 471 g/mol. The summed E-state index contributed by atoms with van der Waals surface area (Å²) in [4.78, 5) is 35.0. The van der Waals surface area contributed by atoms with Crippen LogP contribution in [-0.4, -0.2) is 42.1 Å². The molecule has 1 aromatic rings. The summed E-state index contributed by atoms with van der Waals surface area (Å²) >= 11 is 4.89. The minimum Gasteiger partial charge on any atom is -0.444 e. The highest BCUT2D eigenvalue weighted by atomic mass is 79.9. The lowest BCUT2D eigenvalue weighted by molar-refractivity contribution is -0.134. The monoisotopic (exact) mass is 470 g/mol. The van der Waals surface area contributed by atoms with Gasteiger partial charge in [-0.15, -0.1) is 11.3 Å². The van der Waals surface area contributed by atoms with Gasteiger partial charge >= 0.3 is 6.09 Å². The lowest BCUT2D eigenvalue weighted by Gasteiger charge is -2.40. The first-order chi connectivity index (χ1) is 13.0. The minimum absolute atomic E-state index is 0.117. The van der Waals surface area contributed by atoms with E-state index in [0.717, 1.165) is 9.35 Å². The number of hydrogen-bond acceptors (Lipinski definition) is 6. The summed E-state index contributed by atoms with van der Waals surface area (Å²) in [5, 5.41) is 8.05. The normalized spacial score (nSPS) is 22.4. The molecule has 28 heavy (non-hydrogen) atoms. The second kappa shape index (κ2) is 8.50. The Morgan fingerprint density at radius 3 is 2.79 bits per heavy atom. The van der Waals surface area contributed by atoms with Gasteiger partial charge in [-0.25, -0.2) is 9.79 Å². The van der Waals surface area contributed by atoms with Crippen molar-refractivity contribution < 1.29 is 14.3 Å². The molecule has 2 rings (SSSR count). The molecule has 0 radical (unpaired) electrons. The summed E-state index contributed by atoms with van der Waals surface area (Å²) in [5.41, 5.74) is 6.97. The van der Waals surface area contributed by atoms with Crippen molar-refractivity contribution in [1.29, 1.82) is 0 Å². The summed E-state index contributed by atoms with van der Waals surface area (Å²) in [5.74, 6) is -0.648. The van der Waals surface area contributed by atoms with Gasteiger partial charge in [-0.05, 0) is 61.6 Å². The van der Waals surface area contributed by atoms with E-state index in [-0.39, 0.29) is 18.4 Å². The molecule has 0 spiro atoms. The molecule has 2 amide bonds. The number of thiophene rings is 1. The molecule has 2 heterocycles. The maximum absolute atomic E-state index is 13.1. The van der Waals surface area contributed by atoms with Crippen molar-refractivity contribution in [3.05, 3.63) is 31.2 Å². The first-order valence-electron chi connectivity index (χ1n) is 8.60. The Kier molecular flexibility index (Phi) is 6.74. The SMILES string of the molecule is CN1C(=O)[C@H](CCN=[N+]=[N-])[C@@](C)(c2cc(Br)cs2)N=C1NC(=O)OC(C)(C)C. The second-order valence-electron chi connectivity index (χ2n) is 7.53. The van der Waals surface area contributed by atoms with Crippen LogP contribution in [0.3, 0.4) is 0 Å². The largest absolute Gasteiger partial charge is 0.444 e. The predicted octanol–water partition coefficient (Wildman–Crippen LogP) is 4.40. The molecule has 0 aromatic carbocycles. The van der Waals surface area contributed by atoms with Crippen molar-refractivity contribution in [1.82, 2.24) is 10.2 Å². The van der Waals surface area contributed by atoms with Crippen molar-refractivity contribution in [2.45, 2.75) is 45.3 Å².